The molecule has 3 heteroatoms. The summed E-state index contributed by atoms with van der Waals surface area (Å²) in [7, 11) is 0. The molecule has 0 bridgehead atoms. The Morgan fingerprint density at radius 2 is 1.95 bits per heavy atom. The Balaban J connectivity index is 1.45. The van der Waals surface area contributed by atoms with Crippen molar-refractivity contribution < 1.29 is 4.79 Å². The summed E-state index contributed by atoms with van der Waals surface area (Å²) in [6, 6.07) is 11.2. The molecule has 1 aliphatic carbocycles. The topological polar surface area (TPSA) is 32.3 Å². The monoisotopic (exact) mass is 272 g/mol. The van der Waals surface area contributed by atoms with E-state index in [2.05, 4.69) is 34.5 Å². The average Bonchev–Trinajstić information content (AvgIpc) is 3.28. The molecule has 1 aliphatic heterocycles. The SMILES string of the molecule is O=C1C(NC2CC2)CCCN1CCCc1ccccc1. The Labute approximate surface area is 121 Å². The van der Waals surface area contributed by atoms with Gasteiger partial charge in [-0.1, -0.05) is 30.3 Å². The summed E-state index contributed by atoms with van der Waals surface area (Å²) < 4.78 is 0. The summed E-state index contributed by atoms with van der Waals surface area (Å²) in [4.78, 5) is 14.5. The number of nitrogens with zero attached hydrogens (tertiary/aromatic N) is 1. The third-order valence-electron chi connectivity index (χ3n) is 4.28. The standard InChI is InChI=1S/C17H24N2O/c20-17-16(18-15-10-11-15)9-5-13-19(17)12-4-8-14-6-2-1-3-7-14/h1-3,6-7,15-16,18H,4-5,8-13H2. The number of aryl methyl sites for hydroxylation is 1. The number of carbonyl (C=O) groups is 1. The molecule has 108 valence electrons. The summed E-state index contributed by atoms with van der Waals surface area (Å²) >= 11 is 0. The van der Waals surface area contributed by atoms with Gasteiger partial charge in [0, 0.05) is 19.1 Å². The molecule has 2 aliphatic rings. The highest BCUT2D eigenvalue weighted by atomic mass is 16.2. The summed E-state index contributed by atoms with van der Waals surface area (Å²) in [5.41, 5.74) is 1.37. The summed E-state index contributed by atoms with van der Waals surface area (Å²) in [5.74, 6) is 0.330. The lowest BCUT2D eigenvalue weighted by molar-refractivity contribution is -0.136. The normalized spacial score (nSPS) is 23.1. The zero-order valence-electron chi connectivity index (χ0n) is 12.1. The van der Waals surface area contributed by atoms with Crippen LogP contribution in [0.15, 0.2) is 30.3 Å². The second kappa shape index (κ2) is 6.40. The molecular formula is C17H24N2O. The largest absolute Gasteiger partial charge is 0.341 e. The van der Waals surface area contributed by atoms with Crippen LogP contribution in [0.1, 0.15) is 37.7 Å². The molecule has 1 N–H and O–H groups in total. The number of carbonyl (C=O) groups excluding carboxylic acids is 1. The molecule has 1 amide bonds. The molecule has 1 atom stereocenters. The summed E-state index contributed by atoms with van der Waals surface area (Å²) in [6.07, 6.45) is 6.78. The van der Waals surface area contributed by atoms with E-state index in [1.165, 1.54) is 18.4 Å². The van der Waals surface area contributed by atoms with Gasteiger partial charge in [0.15, 0.2) is 0 Å². The minimum Gasteiger partial charge on any atom is -0.341 e. The smallest absolute Gasteiger partial charge is 0.239 e. The highest BCUT2D eigenvalue weighted by molar-refractivity contribution is 5.82. The maximum absolute atomic E-state index is 12.4. The lowest BCUT2D eigenvalue weighted by Gasteiger charge is -2.33. The van der Waals surface area contributed by atoms with Gasteiger partial charge in [-0.2, -0.15) is 0 Å². The van der Waals surface area contributed by atoms with Crippen molar-refractivity contribution in [2.45, 2.75) is 50.6 Å². The van der Waals surface area contributed by atoms with Crippen LogP contribution in [-0.2, 0) is 11.2 Å². The van der Waals surface area contributed by atoms with Crippen molar-refractivity contribution in [1.82, 2.24) is 10.2 Å². The third kappa shape index (κ3) is 3.60. The fraction of sp³-hybridized carbons (Fsp3) is 0.588. The zero-order valence-corrected chi connectivity index (χ0v) is 12.1. The van der Waals surface area contributed by atoms with Crippen molar-refractivity contribution in [3.8, 4) is 0 Å². The number of rotatable bonds is 6. The van der Waals surface area contributed by atoms with Crippen LogP contribution in [0.4, 0.5) is 0 Å². The van der Waals surface area contributed by atoms with Gasteiger partial charge in [0.1, 0.15) is 0 Å². The second-order valence-electron chi connectivity index (χ2n) is 6.05. The maximum Gasteiger partial charge on any atom is 0.239 e. The average molecular weight is 272 g/mol. The van der Waals surface area contributed by atoms with E-state index in [1.54, 1.807) is 0 Å². The molecular weight excluding hydrogens is 248 g/mol. The Kier molecular flexibility index (Phi) is 4.36. The minimum absolute atomic E-state index is 0.0907. The molecule has 0 spiro atoms. The van der Waals surface area contributed by atoms with E-state index in [0.717, 1.165) is 38.8 Å². The molecule has 0 aromatic heterocycles. The summed E-state index contributed by atoms with van der Waals surface area (Å²) in [5, 5.41) is 3.49. The molecule has 1 aromatic rings. The molecule has 1 aromatic carbocycles. The Hall–Kier alpha value is -1.35. The van der Waals surface area contributed by atoms with E-state index < -0.39 is 0 Å². The van der Waals surface area contributed by atoms with Crippen LogP contribution in [0.5, 0.6) is 0 Å². The van der Waals surface area contributed by atoms with Crippen molar-refractivity contribution in [1.29, 1.82) is 0 Å². The number of amides is 1. The van der Waals surface area contributed by atoms with Gasteiger partial charge in [-0.15, -0.1) is 0 Å². The van der Waals surface area contributed by atoms with Crippen LogP contribution in [0.25, 0.3) is 0 Å². The maximum atomic E-state index is 12.4. The third-order valence-corrected chi connectivity index (χ3v) is 4.28. The van der Waals surface area contributed by atoms with Gasteiger partial charge >= 0.3 is 0 Å². The summed E-state index contributed by atoms with van der Waals surface area (Å²) in [6.45, 7) is 1.84. The van der Waals surface area contributed by atoms with Crippen molar-refractivity contribution in [2.75, 3.05) is 13.1 Å². The molecule has 3 rings (SSSR count). The molecule has 1 saturated carbocycles. The van der Waals surface area contributed by atoms with Gasteiger partial charge in [-0.25, -0.2) is 0 Å². The first kappa shape index (κ1) is 13.6. The van der Waals surface area contributed by atoms with Crippen LogP contribution >= 0.6 is 0 Å². The second-order valence-corrected chi connectivity index (χ2v) is 6.05. The highest BCUT2D eigenvalue weighted by Crippen LogP contribution is 2.22. The van der Waals surface area contributed by atoms with Gasteiger partial charge in [-0.05, 0) is 44.1 Å². The molecule has 1 unspecified atom stereocenters. The van der Waals surface area contributed by atoms with Gasteiger partial charge < -0.3 is 10.2 Å². The predicted octanol–water partition coefficient (Wildman–Crippen LogP) is 2.36. The molecule has 0 radical (unpaired) electrons. The predicted molar refractivity (Wildman–Crippen MR) is 80.5 cm³/mol. The van der Waals surface area contributed by atoms with Crippen LogP contribution in [0, 0.1) is 0 Å². The van der Waals surface area contributed by atoms with E-state index in [0.29, 0.717) is 11.9 Å². The van der Waals surface area contributed by atoms with E-state index in [-0.39, 0.29) is 6.04 Å². The first-order chi connectivity index (χ1) is 9.83. The first-order valence-corrected chi connectivity index (χ1v) is 7.92. The number of benzene rings is 1. The highest BCUT2D eigenvalue weighted by Gasteiger charge is 2.32. The van der Waals surface area contributed by atoms with Crippen molar-refractivity contribution in [3.63, 3.8) is 0 Å². The Morgan fingerprint density at radius 3 is 2.70 bits per heavy atom. The fourth-order valence-electron chi connectivity index (χ4n) is 2.97. The molecule has 1 heterocycles. The van der Waals surface area contributed by atoms with E-state index >= 15 is 0 Å². The number of likely N-dealkylation sites (tertiary alicyclic amines) is 1. The van der Waals surface area contributed by atoms with Crippen LogP contribution < -0.4 is 5.32 Å². The van der Waals surface area contributed by atoms with Crippen molar-refractivity contribution in [2.24, 2.45) is 0 Å². The van der Waals surface area contributed by atoms with Crippen LogP contribution in [0.3, 0.4) is 0 Å². The van der Waals surface area contributed by atoms with E-state index in [1.807, 2.05) is 6.07 Å². The molecule has 1 saturated heterocycles. The number of piperidine rings is 1. The number of hydrogen-bond acceptors (Lipinski definition) is 2. The van der Waals surface area contributed by atoms with E-state index in [9.17, 15) is 4.79 Å². The van der Waals surface area contributed by atoms with Crippen molar-refractivity contribution in [3.05, 3.63) is 35.9 Å². The lowest BCUT2D eigenvalue weighted by Crippen LogP contribution is -2.51. The Morgan fingerprint density at radius 1 is 1.15 bits per heavy atom. The van der Waals surface area contributed by atoms with Gasteiger partial charge in [0.25, 0.3) is 0 Å². The van der Waals surface area contributed by atoms with Gasteiger partial charge in [-0.3, -0.25) is 4.79 Å². The van der Waals surface area contributed by atoms with Crippen LogP contribution in [-0.4, -0.2) is 36.0 Å². The minimum atomic E-state index is 0.0907. The van der Waals surface area contributed by atoms with Gasteiger partial charge in [0.05, 0.1) is 6.04 Å². The number of nitrogens with one attached hydrogen (secondary N) is 1. The van der Waals surface area contributed by atoms with Crippen LogP contribution in [0.2, 0.25) is 0 Å². The van der Waals surface area contributed by atoms with Gasteiger partial charge in [0.2, 0.25) is 5.91 Å². The van der Waals surface area contributed by atoms with Crippen molar-refractivity contribution >= 4 is 5.91 Å². The Bertz CT molecular complexity index is 442. The molecule has 2 fully saturated rings. The first-order valence-electron chi connectivity index (χ1n) is 7.92. The molecule has 20 heavy (non-hydrogen) atoms. The molecule has 3 nitrogen and oxygen atoms in total. The lowest BCUT2D eigenvalue weighted by atomic mass is 10.0. The van der Waals surface area contributed by atoms with E-state index in [4.69, 9.17) is 0 Å². The zero-order chi connectivity index (χ0) is 13.8. The number of hydrogen-bond donors (Lipinski definition) is 1. The fourth-order valence-corrected chi connectivity index (χ4v) is 2.97. The quantitative estimate of drug-likeness (QED) is 0.862.